The lowest BCUT2D eigenvalue weighted by molar-refractivity contribution is -0.116. The van der Waals surface area contributed by atoms with Crippen LogP contribution in [0.25, 0.3) is 0 Å². The largest absolute Gasteiger partial charge is 0.326 e. The Bertz CT molecular complexity index is 580. The predicted molar refractivity (Wildman–Crippen MR) is 93.9 cm³/mol. The molecule has 1 rings (SSSR count). The number of nitrogens with one attached hydrogen (secondary N) is 2. The van der Waals surface area contributed by atoms with Crippen LogP contribution in [0.2, 0.25) is 0 Å². The number of benzene rings is 1. The number of carbonyl (C=O) groups excluding carboxylic acids is 1. The highest BCUT2D eigenvalue weighted by Gasteiger charge is 2.13. The lowest BCUT2D eigenvalue weighted by Crippen LogP contribution is -2.24. The summed E-state index contributed by atoms with van der Waals surface area (Å²) in [5.41, 5.74) is 0.609. The van der Waals surface area contributed by atoms with E-state index < -0.39 is 10.0 Å². The Morgan fingerprint density at radius 1 is 1.09 bits per heavy atom. The molecule has 0 fully saturated rings. The Morgan fingerprint density at radius 3 is 2.30 bits per heavy atom. The van der Waals surface area contributed by atoms with Crippen LogP contribution in [0.5, 0.6) is 0 Å². The minimum Gasteiger partial charge on any atom is -0.326 e. The smallest absolute Gasteiger partial charge is 0.240 e. The Hall–Kier alpha value is -1.40. The van der Waals surface area contributed by atoms with Gasteiger partial charge < -0.3 is 5.32 Å². The van der Waals surface area contributed by atoms with E-state index in [9.17, 15) is 13.2 Å². The first-order valence-corrected chi connectivity index (χ1v) is 9.73. The highest BCUT2D eigenvalue weighted by atomic mass is 32.2. The third-order valence-corrected chi connectivity index (χ3v) is 4.84. The van der Waals surface area contributed by atoms with E-state index in [4.69, 9.17) is 0 Å². The van der Waals surface area contributed by atoms with Gasteiger partial charge in [-0.2, -0.15) is 0 Å². The maximum Gasteiger partial charge on any atom is 0.240 e. The van der Waals surface area contributed by atoms with Gasteiger partial charge in [0.2, 0.25) is 15.9 Å². The summed E-state index contributed by atoms with van der Waals surface area (Å²) in [7, 11) is -3.47. The van der Waals surface area contributed by atoms with Gasteiger partial charge in [0.15, 0.2) is 0 Å². The summed E-state index contributed by atoms with van der Waals surface area (Å²) < 4.78 is 26.9. The summed E-state index contributed by atoms with van der Waals surface area (Å²) in [5.74, 6) is 0.219. The number of amides is 1. The van der Waals surface area contributed by atoms with Gasteiger partial charge in [0, 0.05) is 18.7 Å². The van der Waals surface area contributed by atoms with Crippen LogP contribution in [-0.4, -0.2) is 20.9 Å². The average Bonchev–Trinajstić information content (AvgIpc) is 2.46. The zero-order valence-electron chi connectivity index (χ0n) is 14.3. The zero-order chi connectivity index (χ0) is 17.3. The molecule has 0 aliphatic carbocycles. The summed E-state index contributed by atoms with van der Waals surface area (Å²) in [4.78, 5) is 11.9. The van der Waals surface area contributed by atoms with E-state index in [1.54, 1.807) is 12.1 Å². The maximum atomic E-state index is 12.1. The van der Waals surface area contributed by atoms with Gasteiger partial charge in [0.25, 0.3) is 0 Å². The monoisotopic (exact) mass is 340 g/mol. The van der Waals surface area contributed by atoms with Crippen LogP contribution >= 0.6 is 0 Å². The molecule has 6 heteroatoms. The molecular formula is C17H28N2O3S. The maximum absolute atomic E-state index is 12.1. The van der Waals surface area contributed by atoms with Crippen LogP contribution in [0.15, 0.2) is 29.2 Å². The minimum atomic E-state index is -3.47. The van der Waals surface area contributed by atoms with Crippen LogP contribution in [0.3, 0.4) is 0 Å². The first-order chi connectivity index (χ1) is 10.8. The lowest BCUT2D eigenvalue weighted by Gasteiger charge is -2.09. The quantitative estimate of drug-likeness (QED) is 0.640. The van der Waals surface area contributed by atoms with Crippen molar-refractivity contribution in [2.24, 2.45) is 5.92 Å². The number of carbonyl (C=O) groups is 1. The molecular weight excluding hydrogens is 312 g/mol. The van der Waals surface area contributed by atoms with Crippen molar-refractivity contribution in [1.29, 1.82) is 0 Å². The minimum absolute atomic E-state index is 0.0651. The van der Waals surface area contributed by atoms with E-state index in [1.807, 2.05) is 13.8 Å². The molecule has 0 atom stereocenters. The molecule has 0 aromatic heterocycles. The van der Waals surface area contributed by atoms with Crippen molar-refractivity contribution in [2.45, 2.75) is 57.8 Å². The number of unbranched alkanes of at least 4 members (excludes halogenated alkanes) is 3. The standard InChI is InChI=1S/C17H28N2O3S/c1-4-5-6-7-12-18-23(21,22)16-10-8-15(9-11-16)19-17(20)13-14(2)3/h8-11,14,18H,4-7,12-13H2,1-3H3,(H,19,20). The summed E-state index contributed by atoms with van der Waals surface area (Å²) in [5, 5.41) is 2.76. The second kappa shape index (κ2) is 9.67. The Labute approximate surface area is 139 Å². The van der Waals surface area contributed by atoms with Gasteiger partial charge in [0.1, 0.15) is 0 Å². The lowest BCUT2D eigenvalue weighted by atomic mass is 10.1. The molecule has 1 aromatic rings. The SMILES string of the molecule is CCCCCCNS(=O)(=O)c1ccc(NC(=O)CC(C)C)cc1. The van der Waals surface area contributed by atoms with Crippen molar-refractivity contribution in [3.05, 3.63) is 24.3 Å². The number of rotatable bonds is 10. The summed E-state index contributed by atoms with van der Waals surface area (Å²) in [6.07, 6.45) is 4.55. The highest BCUT2D eigenvalue weighted by molar-refractivity contribution is 7.89. The Kier molecular flexibility index (Phi) is 8.26. The fraction of sp³-hybridized carbons (Fsp3) is 0.588. The van der Waals surface area contributed by atoms with E-state index in [2.05, 4.69) is 17.0 Å². The van der Waals surface area contributed by atoms with Crippen LogP contribution in [0, 0.1) is 5.92 Å². The van der Waals surface area contributed by atoms with Gasteiger partial charge in [-0.25, -0.2) is 13.1 Å². The normalized spacial score (nSPS) is 11.7. The van der Waals surface area contributed by atoms with Crippen LogP contribution in [0.4, 0.5) is 5.69 Å². The molecule has 0 radical (unpaired) electrons. The fourth-order valence-electron chi connectivity index (χ4n) is 2.14. The zero-order valence-corrected chi connectivity index (χ0v) is 15.1. The number of hydrogen-bond acceptors (Lipinski definition) is 3. The second-order valence-corrected chi connectivity index (χ2v) is 7.90. The van der Waals surface area contributed by atoms with Gasteiger partial charge in [0.05, 0.1) is 4.90 Å². The molecule has 23 heavy (non-hydrogen) atoms. The molecule has 2 N–H and O–H groups in total. The van der Waals surface area contributed by atoms with Crippen molar-refractivity contribution in [1.82, 2.24) is 4.72 Å². The predicted octanol–water partition coefficient (Wildman–Crippen LogP) is 3.53. The molecule has 1 amide bonds. The topological polar surface area (TPSA) is 75.3 Å². The summed E-state index contributed by atoms with van der Waals surface area (Å²) in [6, 6.07) is 6.26. The molecule has 0 saturated carbocycles. The first kappa shape index (κ1) is 19.6. The Morgan fingerprint density at radius 2 is 1.74 bits per heavy atom. The molecule has 0 saturated heterocycles. The molecule has 0 spiro atoms. The molecule has 0 heterocycles. The van der Waals surface area contributed by atoms with Crippen molar-refractivity contribution >= 4 is 21.6 Å². The van der Waals surface area contributed by atoms with Crippen molar-refractivity contribution in [2.75, 3.05) is 11.9 Å². The first-order valence-electron chi connectivity index (χ1n) is 8.24. The van der Waals surface area contributed by atoms with E-state index >= 15 is 0 Å². The summed E-state index contributed by atoms with van der Waals surface area (Å²) >= 11 is 0. The van der Waals surface area contributed by atoms with E-state index in [1.165, 1.54) is 12.1 Å². The molecule has 0 aliphatic heterocycles. The Balaban J connectivity index is 2.55. The van der Waals surface area contributed by atoms with Crippen LogP contribution < -0.4 is 10.0 Å². The van der Waals surface area contributed by atoms with E-state index in [-0.39, 0.29) is 16.7 Å². The van der Waals surface area contributed by atoms with Gasteiger partial charge in [-0.1, -0.05) is 40.0 Å². The molecule has 130 valence electrons. The molecule has 1 aromatic carbocycles. The second-order valence-electron chi connectivity index (χ2n) is 6.13. The van der Waals surface area contributed by atoms with Gasteiger partial charge in [-0.05, 0) is 36.6 Å². The van der Waals surface area contributed by atoms with Gasteiger partial charge in [-0.3, -0.25) is 4.79 Å². The van der Waals surface area contributed by atoms with Crippen LogP contribution in [0.1, 0.15) is 52.9 Å². The highest BCUT2D eigenvalue weighted by Crippen LogP contribution is 2.15. The van der Waals surface area contributed by atoms with Gasteiger partial charge in [-0.15, -0.1) is 0 Å². The van der Waals surface area contributed by atoms with Crippen molar-refractivity contribution < 1.29 is 13.2 Å². The van der Waals surface area contributed by atoms with Crippen molar-refractivity contribution in [3.63, 3.8) is 0 Å². The molecule has 0 bridgehead atoms. The number of sulfonamides is 1. The van der Waals surface area contributed by atoms with Crippen molar-refractivity contribution in [3.8, 4) is 0 Å². The molecule has 5 nitrogen and oxygen atoms in total. The van der Waals surface area contributed by atoms with E-state index in [0.717, 1.165) is 25.7 Å². The van der Waals surface area contributed by atoms with E-state index in [0.29, 0.717) is 18.7 Å². The number of hydrogen-bond donors (Lipinski definition) is 2. The number of anilines is 1. The average molecular weight is 340 g/mol. The molecule has 0 unspecified atom stereocenters. The molecule has 0 aliphatic rings. The van der Waals surface area contributed by atoms with Gasteiger partial charge >= 0.3 is 0 Å². The summed E-state index contributed by atoms with van der Waals surface area (Å²) in [6.45, 7) is 6.52. The third kappa shape index (κ3) is 7.61. The fourth-order valence-corrected chi connectivity index (χ4v) is 3.22. The third-order valence-electron chi connectivity index (χ3n) is 3.36. The van der Waals surface area contributed by atoms with Crippen LogP contribution in [-0.2, 0) is 14.8 Å².